The fourth-order valence-electron chi connectivity index (χ4n) is 3.08. The second kappa shape index (κ2) is 7.71. The Morgan fingerprint density at radius 2 is 1.96 bits per heavy atom. The SMILES string of the molecule is COc1ccc([C@H]2CCN(C(=O)NCc3ccc(C#N)cc3)C2)cc1. The summed E-state index contributed by atoms with van der Waals surface area (Å²) in [5, 5.41) is 11.8. The maximum Gasteiger partial charge on any atom is 0.317 e. The minimum Gasteiger partial charge on any atom is -0.497 e. The monoisotopic (exact) mass is 335 g/mol. The van der Waals surface area contributed by atoms with Crippen molar-refractivity contribution in [1.29, 1.82) is 5.26 Å². The van der Waals surface area contributed by atoms with E-state index in [9.17, 15) is 4.79 Å². The lowest BCUT2D eigenvalue weighted by molar-refractivity contribution is 0.208. The Morgan fingerprint density at radius 1 is 1.24 bits per heavy atom. The van der Waals surface area contributed by atoms with Crippen molar-refractivity contribution in [2.75, 3.05) is 20.2 Å². The molecule has 0 spiro atoms. The zero-order chi connectivity index (χ0) is 17.6. The van der Waals surface area contributed by atoms with Crippen molar-refractivity contribution in [3.8, 4) is 11.8 Å². The maximum atomic E-state index is 12.4. The molecule has 128 valence electrons. The van der Waals surface area contributed by atoms with Crippen LogP contribution in [0, 0.1) is 11.3 Å². The van der Waals surface area contributed by atoms with E-state index in [1.165, 1.54) is 5.56 Å². The van der Waals surface area contributed by atoms with Gasteiger partial charge in [0, 0.05) is 25.6 Å². The lowest BCUT2D eigenvalue weighted by Gasteiger charge is -2.18. The molecule has 1 saturated heterocycles. The average Bonchev–Trinajstić information content (AvgIpc) is 3.17. The zero-order valence-corrected chi connectivity index (χ0v) is 14.2. The predicted octanol–water partition coefficient (Wildman–Crippen LogP) is 3.27. The molecule has 5 heteroatoms. The van der Waals surface area contributed by atoms with Gasteiger partial charge in [0.05, 0.1) is 18.7 Å². The van der Waals surface area contributed by atoms with Crippen molar-refractivity contribution in [3.63, 3.8) is 0 Å². The molecule has 2 aromatic carbocycles. The number of methoxy groups -OCH3 is 1. The fraction of sp³-hybridized carbons (Fsp3) is 0.300. The number of nitrogens with one attached hydrogen (secondary N) is 1. The van der Waals surface area contributed by atoms with Crippen LogP contribution in [-0.4, -0.2) is 31.1 Å². The van der Waals surface area contributed by atoms with Crippen LogP contribution in [0.3, 0.4) is 0 Å². The summed E-state index contributed by atoms with van der Waals surface area (Å²) in [7, 11) is 1.66. The highest BCUT2D eigenvalue weighted by Gasteiger charge is 2.27. The molecule has 0 unspecified atom stereocenters. The molecule has 1 aliphatic rings. The first-order valence-corrected chi connectivity index (χ1v) is 8.35. The van der Waals surface area contributed by atoms with Gasteiger partial charge in [-0.2, -0.15) is 5.26 Å². The first-order chi connectivity index (χ1) is 12.2. The number of ether oxygens (including phenoxy) is 1. The van der Waals surface area contributed by atoms with Gasteiger partial charge in [-0.25, -0.2) is 4.79 Å². The van der Waals surface area contributed by atoms with Crippen molar-refractivity contribution in [1.82, 2.24) is 10.2 Å². The van der Waals surface area contributed by atoms with Crippen molar-refractivity contribution in [2.24, 2.45) is 0 Å². The molecule has 3 rings (SSSR count). The minimum atomic E-state index is -0.0413. The van der Waals surface area contributed by atoms with Crippen molar-refractivity contribution >= 4 is 6.03 Å². The number of amides is 2. The Balaban J connectivity index is 1.52. The van der Waals surface area contributed by atoms with Gasteiger partial charge in [-0.05, 0) is 41.8 Å². The van der Waals surface area contributed by atoms with Crippen LogP contribution in [0.15, 0.2) is 48.5 Å². The number of hydrogen-bond acceptors (Lipinski definition) is 3. The molecule has 1 aliphatic heterocycles. The van der Waals surface area contributed by atoms with Crippen LogP contribution in [0.2, 0.25) is 0 Å². The van der Waals surface area contributed by atoms with E-state index >= 15 is 0 Å². The Morgan fingerprint density at radius 3 is 2.60 bits per heavy atom. The van der Waals surface area contributed by atoms with Crippen molar-refractivity contribution < 1.29 is 9.53 Å². The van der Waals surface area contributed by atoms with E-state index in [1.807, 2.05) is 29.2 Å². The van der Waals surface area contributed by atoms with E-state index in [2.05, 4.69) is 23.5 Å². The quantitative estimate of drug-likeness (QED) is 0.932. The number of benzene rings is 2. The number of rotatable bonds is 4. The molecule has 0 saturated carbocycles. The first-order valence-electron chi connectivity index (χ1n) is 8.35. The van der Waals surface area contributed by atoms with Gasteiger partial charge in [0.2, 0.25) is 0 Å². The number of nitriles is 1. The highest BCUT2D eigenvalue weighted by atomic mass is 16.5. The number of nitrogens with zero attached hydrogens (tertiary/aromatic N) is 2. The topological polar surface area (TPSA) is 65.4 Å². The molecule has 1 atom stereocenters. The third-order valence-electron chi connectivity index (χ3n) is 4.59. The number of hydrogen-bond donors (Lipinski definition) is 1. The molecule has 25 heavy (non-hydrogen) atoms. The molecule has 0 aromatic heterocycles. The molecular formula is C20H21N3O2. The molecule has 0 radical (unpaired) electrons. The number of carbonyl (C=O) groups is 1. The summed E-state index contributed by atoms with van der Waals surface area (Å²) in [6.45, 7) is 1.95. The van der Waals surface area contributed by atoms with Gasteiger partial charge in [0.1, 0.15) is 5.75 Å². The predicted molar refractivity (Wildman–Crippen MR) is 95.3 cm³/mol. The molecule has 1 N–H and O–H groups in total. The van der Waals surface area contributed by atoms with E-state index in [-0.39, 0.29) is 6.03 Å². The number of urea groups is 1. The van der Waals surface area contributed by atoms with Gasteiger partial charge < -0.3 is 15.0 Å². The molecule has 2 amide bonds. The lowest BCUT2D eigenvalue weighted by atomic mass is 9.98. The van der Waals surface area contributed by atoms with E-state index in [0.29, 0.717) is 18.0 Å². The summed E-state index contributed by atoms with van der Waals surface area (Å²) in [6, 6.07) is 17.4. The fourth-order valence-corrected chi connectivity index (χ4v) is 3.08. The van der Waals surface area contributed by atoms with Crippen LogP contribution >= 0.6 is 0 Å². The second-order valence-corrected chi connectivity index (χ2v) is 6.17. The summed E-state index contributed by atoms with van der Waals surface area (Å²) in [5.74, 6) is 1.21. The lowest BCUT2D eigenvalue weighted by Crippen LogP contribution is -2.37. The van der Waals surface area contributed by atoms with Crippen LogP contribution in [0.25, 0.3) is 0 Å². The maximum absolute atomic E-state index is 12.4. The molecule has 1 heterocycles. The van der Waals surface area contributed by atoms with Gasteiger partial charge >= 0.3 is 6.03 Å². The minimum absolute atomic E-state index is 0.0413. The molecular weight excluding hydrogens is 314 g/mol. The highest BCUT2D eigenvalue weighted by molar-refractivity contribution is 5.74. The van der Waals surface area contributed by atoms with E-state index < -0.39 is 0 Å². The molecule has 0 aliphatic carbocycles. The van der Waals surface area contributed by atoms with Gasteiger partial charge in [-0.3, -0.25) is 0 Å². The zero-order valence-electron chi connectivity index (χ0n) is 14.2. The highest BCUT2D eigenvalue weighted by Crippen LogP contribution is 2.28. The van der Waals surface area contributed by atoms with Crippen LogP contribution in [0.4, 0.5) is 4.79 Å². The summed E-state index contributed by atoms with van der Waals surface area (Å²) in [5.41, 5.74) is 2.85. The standard InChI is InChI=1S/C20H21N3O2/c1-25-19-8-6-17(7-9-19)18-10-11-23(14-18)20(24)22-13-16-4-2-15(12-21)3-5-16/h2-9,18H,10-11,13-14H2,1H3,(H,22,24)/t18-/m0/s1. The third kappa shape index (κ3) is 4.10. The number of carbonyl (C=O) groups excluding carboxylic acids is 1. The van der Waals surface area contributed by atoms with Crippen molar-refractivity contribution in [3.05, 3.63) is 65.2 Å². The molecule has 0 bridgehead atoms. The third-order valence-corrected chi connectivity index (χ3v) is 4.59. The van der Waals surface area contributed by atoms with Crippen LogP contribution in [0.1, 0.15) is 29.0 Å². The summed E-state index contributed by atoms with van der Waals surface area (Å²) in [4.78, 5) is 14.2. The van der Waals surface area contributed by atoms with E-state index in [1.54, 1.807) is 19.2 Å². The van der Waals surface area contributed by atoms with E-state index in [0.717, 1.165) is 30.8 Å². The van der Waals surface area contributed by atoms with Crippen LogP contribution < -0.4 is 10.1 Å². The van der Waals surface area contributed by atoms with Crippen LogP contribution in [0.5, 0.6) is 5.75 Å². The van der Waals surface area contributed by atoms with Gasteiger partial charge in [-0.15, -0.1) is 0 Å². The van der Waals surface area contributed by atoms with Crippen LogP contribution in [-0.2, 0) is 6.54 Å². The number of likely N-dealkylation sites (tertiary alicyclic amines) is 1. The summed E-state index contributed by atoms with van der Waals surface area (Å²) >= 11 is 0. The normalized spacial score (nSPS) is 16.3. The Hall–Kier alpha value is -3.00. The molecule has 2 aromatic rings. The smallest absolute Gasteiger partial charge is 0.317 e. The second-order valence-electron chi connectivity index (χ2n) is 6.17. The van der Waals surface area contributed by atoms with Gasteiger partial charge in [-0.1, -0.05) is 24.3 Å². The van der Waals surface area contributed by atoms with Gasteiger partial charge in [0.15, 0.2) is 0 Å². The Kier molecular flexibility index (Phi) is 5.20. The summed E-state index contributed by atoms with van der Waals surface area (Å²) < 4.78 is 5.19. The van der Waals surface area contributed by atoms with Gasteiger partial charge in [0.25, 0.3) is 0 Å². The van der Waals surface area contributed by atoms with Crippen molar-refractivity contribution in [2.45, 2.75) is 18.9 Å². The average molecular weight is 335 g/mol. The Labute approximate surface area is 147 Å². The largest absolute Gasteiger partial charge is 0.497 e. The van der Waals surface area contributed by atoms with E-state index in [4.69, 9.17) is 10.00 Å². The molecule has 5 nitrogen and oxygen atoms in total. The Bertz CT molecular complexity index is 763. The molecule has 1 fully saturated rings. The summed E-state index contributed by atoms with van der Waals surface area (Å²) in [6.07, 6.45) is 0.969. The first kappa shape index (κ1) is 16.8.